The van der Waals surface area contributed by atoms with E-state index in [0.29, 0.717) is 5.56 Å². The van der Waals surface area contributed by atoms with Gasteiger partial charge in [0.15, 0.2) is 0 Å². The van der Waals surface area contributed by atoms with Crippen molar-refractivity contribution < 1.29 is 17.9 Å². The smallest absolute Gasteiger partial charge is 0.406 e. The van der Waals surface area contributed by atoms with E-state index in [1.54, 1.807) is 18.5 Å². The topological polar surface area (TPSA) is 90.7 Å². The standard InChI is InChI=1S/C30H25F3N6O/c1-18-27(21-6-8-24(9-7-21)40-30(31,32)33)38-28(37-18)22-10-12-39(13-11-22)29-25-14-23(15-26(25)35-17-36-29)20-4-2-19(16-34)3-5-20/h2-9,14,17,22H,10-13,15H2,1H3,(H,37,38). The molecule has 0 saturated carbocycles. The van der Waals surface area contributed by atoms with E-state index in [1.165, 1.54) is 12.1 Å². The van der Waals surface area contributed by atoms with E-state index < -0.39 is 6.36 Å². The number of hydrogen-bond acceptors (Lipinski definition) is 6. The molecule has 6 rings (SSSR count). The van der Waals surface area contributed by atoms with Crippen molar-refractivity contribution in [2.24, 2.45) is 0 Å². The molecule has 2 aromatic carbocycles. The molecular formula is C30H25F3N6O. The molecule has 1 fully saturated rings. The summed E-state index contributed by atoms with van der Waals surface area (Å²) in [5, 5.41) is 9.08. The van der Waals surface area contributed by atoms with Crippen molar-refractivity contribution in [2.75, 3.05) is 18.0 Å². The van der Waals surface area contributed by atoms with Crippen molar-refractivity contribution in [3.05, 3.63) is 88.8 Å². The van der Waals surface area contributed by atoms with Crippen LogP contribution in [0.15, 0.2) is 54.9 Å². The zero-order valence-corrected chi connectivity index (χ0v) is 21.7. The number of allylic oxidation sites excluding steroid dienone is 1. The number of hydrogen-bond donors (Lipinski definition) is 1. The van der Waals surface area contributed by atoms with Crippen molar-refractivity contribution in [3.8, 4) is 23.1 Å². The summed E-state index contributed by atoms with van der Waals surface area (Å²) in [6.07, 6.45) is 1.56. The summed E-state index contributed by atoms with van der Waals surface area (Å²) >= 11 is 0. The summed E-state index contributed by atoms with van der Waals surface area (Å²) in [4.78, 5) is 19.7. The second-order valence-electron chi connectivity index (χ2n) is 10.0. The number of nitrogens with zero attached hydrogens (tertiary/aromatic N) is 5. The first-order valence-corrected chi connectivity index (χ1v) is 13.0. The normalized spacial score (nSPS) is 15.5. The maximum absolute atomic E-state index is 12.5. The Bertz CT molecular complexity index is 1610. The minimum Gasteiger partial charge on any atom is -0.406 e. The highest BCUT2D eigenvalue weighted by atomic mass is 19.4. The number of benzene rings is 2. The summed E-state index contributed by atoms with van der Waals surface area (Å²) in [7, 11) is 0. The third kappa shape index (κ3) is 5.15. The lowest BCUT2D eigenvalue weighted by Gasteiger charge is -2.32. The minimum absolute atomic E-state index is 0.233. The molecule has 1 aliphatic carbocycles. The number of imidazole rings is 1. The van der Waals surface area contributed by atoms with Crippen LogP contribution < -0.4 is 9.64 Å². The Kier molecular flexibility index (Phi) is 6.50. The molecule has 0 radical (unpaired) electrons. The van der Waals surface area contributed by atoms with E-state index >= 15 is 0 Å². The van der Waals surface area contributed by atoms with Gasteiger partial charge in [0.2, 0.25) is 0 Å². The van der Waals surface area contributed by atoms with E-state index in [4.69, 9.17) is 10.2 Å². The lowest BCUT2D eigenvalue weighted by atomic mass is 9.96. The summed E-state index contributed by atoms with van der Waals surface area (Å²) in [6, 6.07) is 15.5. The Balaban J connectivity index is 1.15. The average molecular weight is 543 g/mol. The van der Waals surface area contributed by atoms with Crippen LogP contribution in [0.2, 0.25) is 0 Å². The largest absolute Gasteiger partial charge is 0.573 e. The third-order valence-electron chi connectivity index (χ3n) is 7.45. The number of fused-ring (bicyclic) bond motifs is 1. The molecule has 1 N–H and O–H groups in total. The fraction of sp³-hybridized carbons (Fsp3) is 0.267. The molecule has 4 aromatic rings. The lowest BCUT2D eigenvalue weighted by molar-refractivity contribution is -0.274. The van der Waals surface area contributed by atoms with Gasteiger partial charge in [0, 0.05) is 42.2 Å². The van der Waals surface area contributed by atoms with Gasteiger partial charge in [-0.1, -0.05) is 12.1 Å². The highest BCUT2D eigenvalue weighted by Crippen LogP contribution is 2.38. The highest BCUT2D eigenvalue weighted by Gasteiger charge is 2.31. The van der Waals surface area contributed by atoms with Crippen LogP contribution in [-0.4, -0.2) is 39.4 Å². The minimum atomic E-state index is -4.72. The van der Waals surface area contributed by atoms with Gasteiger partial charge in [0.25, 0.3) is 0 Å². The van der Waals surface area contributed by atoms with Crippen molar-refractivity contribution in [1.29, 1.82) is 5.26 Å². The average Bonchev–Trinajstić information content (AvgIpc) is 3.57. The van der Waals surface area contributed by atoms with Crippen LogP contribution in [0, 0.1) is 18.3 Å². The Morgan fingerprint density at radius 1 is 1.00 bits per heavy atom. The van der Waals surface area contributed by atoms with Crippen LogP contribution in [-0.2, 0) is 6.42 Å². The first kappa shape index (κ1) is 25.6. The maximum Gasteiger partial charge on any atom is 0.573 e. The van der Waals surface area contributed by atoms with Crippen molar-refractivity contribution in [3.63, 3.8) is 0 Å². The summed E-state index contributed by atoms with van der Waals surface area (Å²) in [5.74, 6) is 1.80. The molecule has 0 amide bonds. The molecule has 202 valence electrons. The molecule has 2 aromatic heterocycles. The van der Waals surface area contributed by atoms with Gasteiger partial charge >= 0.3 is 6.36 Å². The SMILES string of the molecule is Cc1[nH]c(C2CCN(c3ncnc4c3C=C(c3ccc(C#N)cc3)C4)CC2)nc1-c1ccc(OC(F)(F)F)cc1. The zero-order valence-electron chi connectivity index (χ0n) is 21.7. The number of aromatic amines is 1. The number of ether oxygens (including phenoxy) is 1. The number of aryl methyl sites for hydroxylation is 1. The number of rotatable bonds is 5. The predicted octanol–water partition coefficient (Wildman–Crippen LogP) is 6.43. The molecule has 10 heteroatoms. The van der Waals surface area contributed by atoms with Crippen molar-refractivity contribution in [2.45, 2.75) is 38.5 Å². The monoisotopic (exact) mass is 542 g/mol. The van der Waals surface area contributed by atoms with Crippen LogP contribution in [0.1, 0.15) is 52.7 Å². The third-order valence-corrected chi connectivity index (χ3v) is 7.45. The predicted molar refractivity (Wildman–Crippen MR) is 144 cm³/mol. The Labute approximate surface area is 229 Å². The van der Waals surface area contributed by atoms with Gasteiger partial charge < -0.3 is 14.6 Å². The van der Waals surface area contributed by atoms with Crippen LogP contribution in [0.3, 0.4) is 0 Å². The fourth-order valence-electron chi connectivity index (χ4n) is 5.45. The molecule has 0 unspecified atom stereocenters. The Morgan fingerprint density at radius 2 is 1.70 bits per heavy atom. The van der Waals surface area contributed by atoms with E-state index in [9.17, 15) is 13.2 Å². The van der Waals surface area contributed by atoms with Crippen LogP contribution >= 0.6 is 0 Å². The molecule has 1 saturated heterocycles. The number of nitrogens with one attached hydrogen (secondary N) is 1. The van der Waals surface area contributed by atoms with E-state index in [0.717, 1.165) is 83.3 Å². The number of piperidine rings is 1. The maximum atomic E-state index is 12.5. The molecule has 3 heterocycles. The second-order valence-corrected chi connectivity index (χ2v) is 10.0. The number of alkyl halides is 3. The second kappa shape index (κ2) is 10.2. The summed E-state index contributed by atoms with van der Waals surface area (Å²) in [6.45, 7) is 3.54. The first-order valence-electron chi connectivity index (χ1n) is 13.0. The van der Waals surface area contributed by atoms with Gasteiger partial charge in [-0.05, 0) is 73.4 Å². The van der Waals surface area contributed by atoms with Gasteiger partial charge in [-0.25, -0.2) is 15.0 Å². The number of aromatic nitrogens is 4. The van der Waals surface area contributed by atoms with Gasteiger partial charge in [0.1, 0.15) is 23.7 Å². The Hall–Kier alpha value is -4.65. The van der Waals surface area contributed by atoms with Crippen LogP contribution in [0.25, 0.3) is 22.9 Å². The number of halogens is 3. The van der Waals surface area contributed by atoms with Crippen molar-refractivity contribution >= 4 is 17.5 Å². The van der Waals surface area contributed by atoms with Crippen LogP contribution in [0.4, 0.5) is 19.0 Å². The van der Waals surface area contributed by atoms with Gasteiger partial charge in [-0.2, -0.15) is 5.26 Å². The number of H-pyrrole nitrogens is 1. The molecule has 1 aliphatic heterocycles. The molecule has 7 nitrogen and oxygen atoms in total. The lowest BCUT2D eigenvalue weighted by Crippen LogP contribution is -2.34. The molecule has 0 spiro atoms. The summed E-state index contributed by atoms with van der Waals surface area (Å²) < 4.78 is 41.4. The quantitative estimate of drug-likeness (QED) is 0.313. The zero-order chi connectivity index (χ0) is 27.9. The Morgan fingerprint density at radius 3 is 2.38 bits per heavy atom. The highest BCUT2D eigenvalue weighted by molar-refractivity contribution is 5.91. The molecular weight excluding hydrogens is 517 g/mol. The first-order chi connectivity index (χ1) is 19.3. The van der Waals surface area contributed by atoms with Gasteiger partial charge in [-0.3, -0.25) is 0 Å². The van der Waals surface area contributed by atoms with Crippen molar-refractivity contribution in [1.82, 2.24) is 19.9 Å². The van der Waals surface area contributed by atoms with Gasteiger partial charge in [-0.15, -0.1) is 13.2 Å². The fourth-order valence-corrected chi connectivity index (χ4v) is 5.45. The van der Waals surface area contributed by atoms with Crippen LogP contribution in [0.5, 0.6) is 5.75 Å². The van der Waals surface area contributed by atoms with E-state index in [2.05, 4.69) is 36.7 Å². The summed E-state index contributed by atoms with van der Waals surface area (Å²) in [5.41, 5.74) is 7.25. The molecule has 2 aliphatic rings. The molecule has 40 heavy (non-hydrogen) atoms. The molecule has 0 atom stereocenters. The molecule has 0 bridgehead atoms. The number of anilines is 1. The van der Waals surface area contributed by atoms with E-state index in [-0.39, 0.29) is 11.7 Å². The van der Waals surface area contributed by atoms with Gasteiger partial charge in [0.05, 0.1) is 23.0 Å². The number of nitriles is 1. The van der Waals surface area contributed by atoms with E-state index in [1.807, 2.05) is 31.2 Å².